The molecule has 0 N–H and O–H groups in total. The van der Waals surface area contributed by atoms with Crippen LogP contribution in [0.1, 0.15) is 31.2 Å². The molecule has 3 nitrogen and oxygen atoms in total. The zero-order valence-corrected chi connectivity index (χ0v) is 9.74. The number of hydrogen-bond donors (Lipinski definition) is 0. The molecule has 1 aromatic carbocycles. The second-order valence-corrected chi connectivity index (χ2v) is 4.15. The third kappa shape index (κ3) is 2.40. The van der Waals surface area contributed by atoms with Gasteiger partial charge >= 0.3 is 0 Å². The van der Waals surface area contributed by atoms with E-state index in [0.717, 1.165) is 12.7 Å². The highest BCUT2D eigenvalue weighted by Gasteiger charge is 2.21. The van der Waals surface area contributed by atoms with Crippen LogP contribution in [0.2, 0.25) is 0 Å². The Kier molecular flexibility index (Phi) is 3.61. The monoisotopic (exact) mass is 238 g/mol. The van der Waals surface area contributed by atoms with Crippen molar-refractivity contribution in [2.24, 2.45) is 0 Å². The summed E-state index contributed by atoms with van der Waals surface area (Å²) in [6.07, 6.45) is 1.84. The van der Waals surface area contributed by atoms with Gasteiger partial charge in [0.2, 0.25) is 0 Å². The molecule has 0 radical (unpaired) electrons. The SMILES string of the molecule is CC(CC=O)c1ccc2c(c1F)OCCCO2. The molecule has 0 bridgehead atoms. The van der Waals surface area contributed by atoms with Crippen molar-refractivity contribution in [3.8, 4) is 11.5 Å². The van der Waals surface area contributed by atoms with E-state index in [0.29, 0.717) is 30.9 Å². The fourth-order valence-corrected chi connectivity index (χ4v) is 1.87. The van der Waals surface area contributed by atoms with Crippen LogP contribution < -0.4 is 9.47 Å². The molecule has 17 heavy (non-hydrogen) atoms. The third-order valence-electron chi connectivity index (χ3n) is 2.86. The van der Waals surface area contributed by atoms with Crippen LogP contribution >= 0.6 is 0 Å². The standard InChI is InChI=1S/C13H15FO3/c1-9(5-6-15)10-3-4-11-13(12(10)14)17-8-2-7-16-11/h3-4,6,9H,2,5,7-8H2,1H3. The Labute approximate surface area is 99.5 Å². The molecular formula is C13H15FO3. The lowest BCUT2D eigenvalue weighted by atomic mass is 9.97. The molecule has 1 aliphatic heterocycles. The quantitative estimate of drug-likeness (QED) is 0.759. The van der Waals surface area contributed by atoms with E-state index in [4.69, 9.17) is 9.47 Å². The van der Waals surface area contributed by atoms with E-state index >= 15 is 0 Å². The number of hydrogen-bond acceptors (Lipinski definition) is 3. The lowest BCUT2D eigenvalue weighted by molar-refractivity contribution is -0.108. The second kappa shape index (κ2) is 5.17. The molecular weight excluding hydrogens is 223 g/mol. The molecule has 2 rings (SSSR count). The molecule has 0 spiro atoms. The summed E-state index contributed by atoms with van der Waals surface area (Å²) in [6, 6.07) is 3.37. The Morgan fingerprint density at radius 3 is 2.94 bits per heavy atom. The van der Waals surface area contributed by atoms with Crippen LogP contribution in [0.25, 0.3) is 0 Å². The van der Waals surface area contributed by atoms with Crippen LogP contribution in [0.4, 0.5) is 4.39 Å². The van der Waals surface area contributed by atoms with Crippen LogP contribution in [0.15, 0.2) is 12.1 Å². The zero-order chi connectivity index (χ0) is 12.3. The maximum absolute atomic E-state index is 14.2. The van der Waals surface area contributed by atoms with Crippen molar-refractivity contribution in [3.05, 3.63) is 23.5 Å². The summed E-state index contributed by atoms with van der Waals surface area (Å²) in [5, 5.41) is 0. The van der Waals surface area contributed by atoms with Crippen molar-refractivity contribution in [1.82, 2.24) is 0 Å². The maximum atomic E-state index is 14.2. The van der Waals surface area contributed by atoms with E-state index in [1.807, 2.05) is 6.92 Å². The summed E-state index contributed by atoms with van der Waals surface area (Å²) >= 11 is 0. The summed E-state index contributed by atoms with van der Waals surface area (Å²) in [7, 11) is 0. The lowest BCUT2D eigenvalue weighted by Crippen LogP contribution is -2.02. The molecule has 1 heterocycles. The van der Waals surface area contributed by atoms with Gasteiger partial charge in [0.25, 0.3) is 0 Å². The number of benzene rings is 1. The molecule has 0 saturated carbocycles. The van der Waals surface area contributed by atoms with Gasteiger partial charge in [-0.1, -0.05) is 13.0 Å². The molecule has 0 fully saturated rings. The molecule has 1 aliphatic rings. The van der Waals surface area contributed by atoms with E-state index < -0.39 is 5.82 Å². The molecule has 0 saturated heterocycles. The number of halogens is 1. The van der Waals surface area contributed by atoms with E-state index in [9.17, 15) is 9.18 Å². The number of carbonyl (C=O) groups is 1. The summed E-state index contributed by atoms with van der Waals surface area (Å²) in [5.41, 5.74) is 0.501. The molecule has 92 valence electrons. The summed E-state index contributed by atoms with van der Waals surface area (Å²) in [6.45, 7) is 2.81. The first-order valence-corrected chi connectivity index (χ1v) is 5.75. The Hall–Kier alpha value is -1.58. The maximum Gasteiger partial charge on any atom is 0.197 e. The average Bonchev–Trinajstić information content (AvgIpc) is 2.55. The number of rotatable bonds is 3. The van der Waals surface area contributed by atoms with Gasteiger partial charge in [0, 0.05) is 12.8 Å². The average molecular weight is 238 g/mol. The van der Waals surface area contributed by atoms with Crippen LogP contribution in [-0.4, -0.2) is 19.5 Å². The first-order chi connectivity index (χ1) is 8.24. The van der Waals surface area contributed by atoms with Crippen molar-refractivity contribution in [1.29, 1.82) is 0 Å². The minimum atomic E-state index is -0.404. The highest BCUT2D eigenvalue weighted by atomic mass is 19.1. The Balaban J connectivity index is 2.37. The largest absolute Gasteiger partial charge is 0.489 e. The van der Waals surface area contributed by atoms with Crippen molar-refractivity contribution in [2.45, 2.75) is 25.7 Å². The first-order valence-electron chi connectivity index (χ1n) is 5.75. The zero-order valence-electron chi connectivity index (χ0n) is 9.74. The molecule has 0 aromatic heterocycles. The molecule has 4 heteroatoms. The van der Waals surface area contributed by atoms with Gasteiger partial charge in [0.1, 0.15) is 6.29 Å². The Morgan fingerprint density at radius 1 is 1.41 bits per heavy atom. The van der Waals surface area contributed by atoms with Gasteiger partial charge in [0.05, 0.1) is 13.2 Å². The van der Waals surface area contributed by atoms with Crippen molar-refractivity contribution >= 4 is 6.29 Å². The fourth-order valence-electron chi connectivity index (χ4n) is 1.87. The van der Waals surface area contributed by atoms with Crippen LogP contribution in [0, 0.1) is 5.82 Å². The smallest absolute Gasteiger partial charge is 0.197 e. The number of aldehydes is 1. The van der Waals surface area contributed by atoms with Gasteiger partial charge < -0.3 is 14.3 Å². The summed E-state index contributed by atoms with van der Waals surface area (Å²) in [5.74, 6) is 0.0724. The van der Waals surface area contributed by atoms with Gasteiger partial charge in [0.15, 0.2) is 17.3 Å². The highest BCUT2D eigenvalue weighted by molar-refractivity contribution is 5.53. The van der Waals surface area contributed by atoms with Crippen molar-refractivity contribution in [2.75, 3.05) is 13.2 Å². The molecule has 1 atom stereocenters. The van der Waals surface area contributed by atoms with E-state index in [-0.39, 0.29) is 11.7 Å². The fraction of sp³-hybridized carbons (Fsp3) is 0.462. The highest BCUT2D eigenvalue weighted by Crippen LogP contribution is 2.37. The third-order valence-corrected chi connectivity index (χ3v) is 2.86. The summed E-state index contributed by atoms with van der Waals surface area (Å²) < 4.78 is 24.9. The Bertz CT molecular complexity index is 417. The van der Waals surface area contributed by atoms with Gasteiger partial charge in [-0.3, -0.25) is 0 Å². The number of ether oxygens (including phenoxy) is 2. The predicted octanol–water partition coefficient (Wildman–Crippen LogP) is 2.68. The van der Waals surface area contributed by atoms with Crippen molar-refractivity contribution < 1.29 is 18.7 Å². The normalized spacial score (nSPS) is 16.1. The van der Waals surface area contributed by atoms with E-state index in [1.54, 1.807) is 12.1 Å². The lowest BCUT2D eigenvalue weighted by Gasteiger charge is -2.14. The molecule has 1 unspecified atom stereocenters. The summed E-state index contributed by atoms with van der Waals surface area (Å²) in [4.78, 5) is 10.5. The molecule has 0 aliphatic carbocycles. The van der Waals surface area contributed by atoms with E-state index in [2.05, 4.69) is 0 Å². The minimum Gasteiger partial charge on any atom is -0.489 e. The van der Waals surface area contributed by atoms with Crippen LogP contribution in [0.5, 0.6) is 11.5 Å². The first kappa shape index (κ1) is 11.9. The number of fused-ring (bicyclic) bond motifs is 1. The minimum absolute atomic E-state index is 0.148. The topological polar surface area (TPSA) is 35.5 Å². The van der Waals surface area contributed by atoms with Crippen LogP contribution in [-0.2, 0) is 4.79 Å². The number of carbonyl (C=O) groups excluding carboxylic acids is 1. The molecule has 1 aromatic rings. The van der Waals surface area contributed by atoms with Gasteiger partial charge in [-0.05, 0) is 17.5 Å². The van der Waals surface area contributed by atoms with Gasteiger partial charge in [-0.15, -0.1) is 0 Å². The van der Waals surface area contributed by atoms with E-state index in [1.165, 1.54) is 0 Å². The van der Waals surface area contributed by atoms with Gasteiger partial charge in [-0.2, -0.15) is 0 Å². The van der Waals surface area contributed by atoms with Crippen molar-refractivity contribution in [3.63, 3.8) is 0 Å². The Morgan fingerprint density at radius 2 is 2.18 bits per heavy atom. The molecule has 0 amide bonds. The van der Waals surface area contributed by atoms with Crippen LogP contribution in [0.3, 0.4) is 0 Å². The predicted molar refractivity (Wildman–Crippen MR) is 61.1 cm³/mol. The second-order valence-electron chi connectivity index (χ2n) is 4.15. The van der Waals surface area contributed by atoms with Gasteiger partial charge in [-0.25, -0.2) is 4.39 Å².